The van der Waals surface area contributed by atoms with Crippen LogP contribution >= 0.6 is 23.1 Å². The van der Waals surface area contributed by atoms with Crippen LogP contribution < -0.4 is 21.1 Å². The third-order valence-electron chi connectivity index (χ3n) is 3.13. The summed E-state index contributed by atoms with van der Waals surface area (Å²) in [6.07, 6.45) is 0.389. The van der Waals surface area contributed by atoms with Gasteiger partial charge in [-0.2, -0.15) is 4.37 Å². The Balaban J connectivity index is 2.08. The van der Waals surface area contributed by atoms with Crippen molar-refractivity contribution in [2.45, 2.75) is 13.0 Å². The van der Waals surface area contributed by atoms with E-state index in [0.29, 0.717) is 6.42 Å². The maximum Gasteiger partial charge on any atom is 0.319 e. The number of aliphatic hydroxyl groups is 1. The molecule has 0 aliphatic heterocycles. The molecule has 0 bridgehead atoms. The molecular formula is C15H16ClFN4O4S. The highest BCUT2D eigenvalue weighted by Crippen LogP contribution is 2.31. The van der Waals surface area contributed by atoms with Crippen molar-refractivity contribution in [2.75, 3.05) is 18.5 Å². The fourth-order valence-electron chi connectivity index (χ4n) is 1.89. The molecule has 11 heteroatoms. The number of benzene rings is 1. The standard InChI is InChI=1S/C15H16ClFN4O4S/c16-9-3-2-8(10(17)6-9)7-25-13-11(12(18)23)14(26-21-13)20-15(24)19-4-1-5-22/h2-3,6,22H,1,4-5,7H2,(H2,18,23)(H2,19,20,24). The number of amides is 3. The number of aromatic nitrogens is 1. The van der Waals surface area contributed by atoms with Crippen LogP contribution in [0.15, 0.2) is 18.2 Å². The van der Waals surface area contributed by atoms with Crippen LogP contribution in [0.25, 0.3) is 0 Å². The molecule has 0 saturated heterocycles. The van der Waals surface area contributed by atoms with Gasteiger partial charge in [-0.25, -0.2) is 9.18 Å². The van der Waals surface area contributed by atoms with Gasteiger partial charge in [-0.05, 0) is 30.1 Å². The van der Waals surface area contributed by atoms with Crippen LogP contribution in [0.2, 0.25) is 5.02 Å². The molecule has 8 nitrogen and oxygen atoms in total. The average molecular weight is 403 g/mol. The Morgan fingerprint density at radius 3 is 2.85 bits per heavy atom. The van der Waals surface area contributed by atoms with Gasteiger partial charge in [0.15, 0.2) is 0 Å². The minimum Gasteiger partial charge on any atom is -0.471 e. The highest BCUT2D eigenvalue weighted by Gasteiger charge is 2.22. The second kappa shape index (κ2) is 9.32. The van der Waals surface area contributed by atoms with Gasteiger partial charge < -0.3 is 20.9 Å². The van der Waals surface area contributed by atoms with Gasteiger partial charge in [-0.3, -0.25) is 10.1 Å². The van der Waals surface area contributed by atoms with E-state index in [9.17, 15) is 14.0 Å². The number of carbonyl (C=O) groups is 2. The first-order valence-electron chi connectivity index (χ1n) is 7.44. The van der Waals surface area contributed by atoms with Gasteiger partial charge in [0.2, 0.25) is 5.88 Å². The van der Waals surface area contributed by atoms with Crippen molar-refractivity contribution in [3.8, 4) is 5.88 Å². The molecule has 0 aliphatic carbocycles. The van der Waals surface area contributed by atoms with E-state index in [1.54, 1.807) is 0 Å². The smallest absolute Gasteiger partial charge is 0.319 e. The van der Waals surface area contributed by atoms with E-state index in [4.69, 9.17) is 27.2 Å². The Bertz CT molecular complexity index is 802. The predicted octanol–water partition coefficient (Wildman–Crippen LogP) is 2.12. The highest BCUT2D eigenvalue weighted by atomic mass is 35.5. The normalized spacial score (nSPS) is 10.4. The fourth-order valence-corrected chi connectivity index (χ4v) is 2.78. The quantitative estimate of drug-likeness (QED) is 0.503. The molecule has 26 heavy (non-hydrogen) atoms. The van der Waals surface area contributed by atoms with Gasteiger partial charge in [0, 0.05) is 23.7 Å². The maximum absolute atomic E-state index is 13.8. The molecule has 1 heterocycles. The summed E-state index contributed by atoms with van der Waals surface area (Å²) in [6.45, 7) is -0.00594. The molecule has 0 atom stereocenters. The molecule has 0 unspecified atom stereocenters. The number of urea groups is 1. The Morgan fingerprint density at radius 1 is 1.42 bits per heavy atom. The topological polar surface area (TPSA) is 127 Å². The number of nitrogens with two attached hydrogens (primary N) is 1. The molecule has 0 spiro atoms. The molecule has 1 aromatic heterocycles. The lowest BCUT2D eigenvalue weighted by molar-refractivity contribution is 0.0996. The zero-order chi connectivity index (χ0) is 19.1. The Kier molecular flexibility index (Phi) is 7.13. The Hall–Kier alpha value is -2.43. The van der Waals surface area contributed by atoms with E-state index < -0.39 is 17.8 Å². The van der Waals surface area contributed by atoms with Crippen molar-refractivity contribution in [2.24, 2.45) is 5.73 Å². The first-order valence-corrected chi connectivity index (χ1v) is 8.59. The number of nitrogens with zero attached hydrogens (tertiary/aromatic N) is 1. The zero-order valence-electron chi connectivity index (χ0n) is 13.4. The molecule has 0 fully saturated rings. The summed E-state index contributed by atoms with van der Waals surface area (Å²) >= 11 is 6.49. The molecule has 0 saturated carbocycles. The predicted molar refractivity (Wildman–Crippen MR) is 95.1 cm³/mol. The third-order valence-corrected chi connectivity index (χ3v) is 4.12. The summed E-state index contributed by atoms with van der Waals surface area (Å²) in [7, 11) is 0. The summed E-state index contributed by atoms with van der Waals surface area (Å²) in [6, 6.07) is 3.50. The number of carbonyl (C=O) groups excluding carboxylic acids is 2. The first kappa shape index (κ1) is 19.9. The number of hydrogen-bond acceptors (Lipinski definition) is 6. The SMILES string of the molecule is NC(=O)c1c(OCc2ccc(Cl)cc2F)nsc1NC(=O)NCCCO. The number of anilines is 1. The molecule has 5 N–H and O–H groups in total. The number of ether oxygens (including phenoxy) is 1. The Labute approximate surface area is 157 Å². The van der Waals surface area contributed by atoms with Gasteiger partial charge in [-0.1, -0.05) is 17.7 Å². The minimum absolute atomic E-state index is 0.0629. The third kappa shape index (κ3) is 5.28. The number of nitrogens with one attached hydrogen (secondary N) is 2. The second-order valence-corrected chi connectivity index (χ2v) is 6.25. The van der Waals surface area contributed by atoms with E-state index in [1.165, 1.54) is 12.1 Å². The molecule has 2 rings (SSSR count). The van der Waals surface area contributed by atoms with Crippen molar-refractivity contribution < 1.29 is 23.8 Å². The summed E-state index contributed by atoms with van der Waals surface area (Å²) < 4.78 is 23.1. The van der Waals surface area contributed by atoms with Crippen molar-refractivity contribution >= 4 is 40.1 Å². The number of primary amides is 1. The molecule has 0 radical (unpaired) electrons. The van der Waals surface area contributed by atoms with Crippen molar-refractivity contribution in [1.82, 2.24) is 9.69 Å². The van der Waals surface area contributed by atoms with Crippen LogP contribution in [0.4, 0.5) is 14.2 Å². The monoisotopic (exact) mass is 402 g/mol. The minimum atomic E-state index is -0.851. The largest absolute Gasteiger partial charge is 0.471 e. The van der Waals surface area contributed by atoms with E-state index >= 15 is 0 Å². The van der Waals surface area contributed by atoms with Crippen LogP contribution in [-0.4, -0.2) is 34.6 Å². The second-order valence-electron chi connectivity index (χ2n) is 5.04. The molecule has 140 valence electrons. The lowest BCUT2D eigenvalue weighted by Crippen LogP contribution is -2.30. The highest BCUT2D eigenvalue weighted by molar-refractivity contribution is 7.11. The van der Waals surface area contributed by atoms with E-state index in [2.05, 4.69) is 15.0 Å². The average Bonchev–Trinajstić information content (AvgIpc) is 2.97. The molecule has 1 aromatic carbocycles. The van der Waals surface area contributed by atoms with E-state index in [0.717, 1.165) is 17.6 Å². The van der Waals surface area contributed by atoms with Crippen LogP contribution in [0.1, 0.15) is 22.3 Å². The number of aliphatic hydroxyl groups excluding tert-OH is 1. The van der Waals surface area contributed by atoms with Gasteiger partial charge in [0.25, 0.3) is 5.91 Å². The lowest BCUT2D eigenvalue weighted by atomic mass is 10.2. The summed E-state index contributed by atoms with van der Waals surface area (Å²) in [4.78, 5) is 23.4. The van der Waals surface area contributed by atoms with Crippen LogP contribution in [0, 0.1) is 5.82 Å². The van der Waals surface area contributed by atoms with Gasteiger partial charge in [-0.15, -0.1) is 0 Å². The van der Waals surface area contributed by atoms with Crippen molar-refractivity contribution in [1.29, 1.82) is 0 Å². The summed E-state index contributed by atoms with van der Waals surface area (Å²) in [5.74, 6) is -1.52. The molecule has 3 amide bonds. The van der Waals surface area contributed by atoms with Crippen LogP contribution in [0.3, 0.4) is 0 Å². The summed E-state index contributed by atoms with van der Waals surface area (Å²) in [5, 5.41) is 14.0. The number of halogens is 2. The number of hydrogen-bond donors (Lipinski definition) is 4. The van der Waals surface area contributed by atoms with Crippen molar-refractivity contribution in [3.05, 3.63) is 40.2 Å². The van der Waals surface area contributed by atoms with E-state index in [-0.39, 0.29) is 46.8 Å². The molecule has 2 aromatic rings. The zero-order valence-corrected chi connectivity index (χ0v) is 15.0. The van der Waals surface area contributed by atoms with Crippen LogP contribution in [-0.2, 0) is 6.61 Å². The fraction of sp³-hybridized carbons (Fsp3) is 0.267. The van der Waals surface area contributed by atoms with Crippen LogP contribution in [0.5, 0.6) is 5.88 Å². The summed E-state index contributed by atoms with van der Waals surface area (Å²) in [5.41, 5.74) is 5.43. The van der Waals surface area contributed by atoms with Crippen molar-refractivity contribution in [3.63, 3.8) is 0 Å². The van der Waals surface area contributed by atoms with Gasteiger partial charge >= 0.3 is 6.03 Å². The van der Waals surface area contributed by atoms with Gasteiger partial charge in [0.05, 0.1) is 0 Å². The number of rotatable bonds is 8. The maximum atomic E-state index is 13.8. The first-order chi connectivity index (χ1) is 12.4. The molecular weight excluding hydrogens is 387 g/mol. The molecule has 0 aliphatic rings. The lowest BCUT2D eigenvalue weighted by Gasteiger charge is -2.08. The van der Waals surface area contributed by atoms with Gasteiger partial charge in [0.1, 0.15) is 23.0 Å². The van der Waals surface area contributed by atoms with E-state index in [1.807, 2.05) is 0 Å². The Morgan fingerprint density at radius 2 is 2.19 bits per heavy atom.